The molecule has 0 aliphatic carbocycles. The maximum absolute atomic E-state index is 11.5. The van der Waals surface area contributed by atoms with Crippen LogP contribution >= 0.6 is 0 Å². The fourth-order valence-corrected chi connectivity index (χ4v) is 1.47. The van der Waals surface area contributed by atoms with E-state index in [2.05, 4.69) is 5.32 Å². The average Bonchev–Trinajstić information content (AvgIpc) is 2.24. The van der Waals surface area contributed by atoms with Crippen molar-refractivity contribution in [1.82, 2.24) is 5.32 Å². The zero-order chi connectivity index (χ0) is 13.8. The molecular weight excluding hydrogens is 232 g/mol. The summed E-state index contributed by atoms with van der Waals surface area (Å²) in [4.78, 5) is 11.5. The van der Waals surface area contributed by atoms with Crippen molar-refractivity contribution in [2.45, 2.75) is 32.9 Å². The van der Waals surface area contributed by atoms with E-state index < -0.39 is 11.7 Å². The number of nitrogens with one attached hydrogen (secondary N) is 1. The zero-order valence-electron chi connectivity index (χ0n) is 11.2. The molecule has 0 saturated carbocycles. The van der Waals surface area contributed by atoms with E-state index in [0.717, 1.165) is 5.56 Å². The first-order chi connectivity index (χ1) is 8.33. The number of carbonyl (C=O) groups is 1. The normalized spacial score (nSPS) is 10.9. The minimum Gasteiger partial charge on any atom is -0.494 e. The zero-order valence-corrected chi connectivity index (χ0v) is 11.2. The first-order valence-corrected chi connectivity index (χ1v) is 5.71. The number of hydrogen-bond acceptors (Lipinski definition) is 4. The van der Waals surface area contributed by atoms with E-state index in [9.17, 15) is 4.79 Å². The summed E-state index contributed by atoms with van der Waals surface area (Å²) in [6, 6.07) is 5.40. The van der Waals surface area contributed by atoms with Crippen LogP contribution in [0.2, 0.25) is 0 Å². The number of carbonyl (C=O) groups excluding carboxylic acids is 1. The molecule has 0 atom stereocenters. The summed E-state index contributed by atoms with van der Waals surface area (Å²) < 4.78 is 10.3. The van der Waals surface area contributed by atoms with Gasteiger partial charge in [-0.3, -0.25) is 0 Å². The van der Waals surface area contributed by atoms with Crippen molar-refractivity contribution in [1.29, 1.82) is 0 Å². The average molecular weight is 252 g/mol. The van der Waals surface area contributed by atoms with Gasteiger partial charge in [0.05, 0.1) is 12.8 Å². The standard InChI is InChI=1S/C13H20N2O3/c1-13(2,3)18-12(16)15-8-9-6-5-7-10(14)11(9)17-4/h5-7H,8,14H2,1-4H3,(H,15,16). The van der Waals surface area contributed by atoms with Gasteiger partial charge in [0, 0.05) is 12.1 Å². The van der Waals surface area contributed by atoms with Crippen molar-refractivity contribution < 1.29 is 14.3 Å². The molecule has 18 heavy (non-hydrogen) atoms. The lowest BCUT2D eigenvalue weighted by Crippen LogP contribution is -2.32. The first kappa shape index (κ1) is 14.2. The Morgan fingerprint density at radius 1 is 1.39 bits per heavy atom. The van der Waals surface area contributed by atoms with Gasteiger partial charge in [0.1, 0.15) is 11.4 Å². The number of para-hydroxylation sites is 1. The van der Waals surface area contributed by atoms with Crippen LogP contribution in [0.25, 0.3) is 0 Å². The van der Waals surface area contributed by atoms with Crippen molar-refractivity contribution in [3.8, 4) is 5.75 Å². The van der Waals surface area contributed by atoms with Crippen LogP contribution in [0.4, 0.5) is 10.5 Å². The van der Waals surface area contributed by atoms with E-state index in [1.54, 1.807) is 13.2 Å². The van der Waals surface area contributed by atoms with Crippen LogP contribution in [-0.4, -0.2) is 18.8 Å². The molecule has 0 aromatic heterocycles. The second-order valence-corrected chi connectivity index (χ2v) is 4.90. The smallest absolute Gasteiger partial charge is 0.407 e. The third-order valence-electron chi connectivity index (χ3n) is 2.15. The van der Waals surface area contributed by atoms with Crippen LogP contribution in [0.15, 0.2) is 18.2 Å². The maximum atomic E-state index is 11.5. The molecule has 0 aliphatic heterocycles. The summed E-state index contributed by atoms with van der Waals surface area (Å²) in [6.45, 7) is 5.75. The molecule has 1 aromatic carbocycles. The van der Waals surface area contributed by atoms with Crippen LogP contribution in [0.1, 0.15) is 26.3 Å². The Hall–Kier alpha value is -1.91. The molecule has 0 spiro atoms. The van der Waals surface area contributed by atoms with Gasteiger partial charge >= 0.3 is 6.09 Å². The number of nitrogen functional groups attached to an aromatic ring is 1. The molecule has 0 saturated heterocycles. The summed E-state index contributed by atoms with van der Waals surface area (Å²) >= 11 is 0. The Labute approximate surface area is 107 Å². The van der Waals surface area contributed by atoms with Gasteiger partial charge in [-0.2, -0.15) is 0 Å². The molecule has 0 radical (unpaired) electrons. The molecule has 0 unspecified atom stereocenters. The molecular formula is C13H20N2O3. The third kappa shape index (κ3) is 4.16. The van der Waals surface area contributed by atoms with E-state index in [1.165, 1.54) is 0 Å². The number of benzene rings is 1. The lowest BCUT2D eigenvalue weighted by Gasteiger charge is -2.20. The number of nitrogens with two attached hydrogens (primary N) is 1. The monoisotopic (exact) mass is 252 g/mol. The lowest BCUT2D eigenvalue weighted by molar-refractivity contribution is 0.0523. The van der Waals surface area contributed by atoms with Crippen LogP contribution < -0.4 is 15.8 Å². The minimum absolute atomic E-state index is 0.309. The molecule has 5 nitrogen and oxygen atoms in total. The molecule has 3 N–H and O–H groups in total. The number of methoxy groups -OCH3 is 1. The van der Waals surface area contributed by atoms with Gasteiger partial charge < -0.3 is 20.5 Å². The van der Waals surface area contributed by atoms with Gasteiger partial charge in [-0.05, 0) is 26.8 Å². The summed E-state index contributed by atoms with van der Waals surface area (Å²) in [5.41, 5.74) is 6.61. The Kier molecular flexibility index (Phi) is 4.42. The Morgan fingerprint density at radius 2 is 2.06 bits per heavy atom. The molecule has 0 heterocycles. The summed E-state index contributed by atoms with van der Waals surface area (Å²) in [6.07, 6.45) is -0.466. The number of rotatable bonds is 3. The second kappa shape index (κ2) is 5.62. The van der Waals surface area contributed by atoms with Gasteiger partial charge in [0.2, 0.25) is 0 Å². The summed E-state index contributed by atoms with van der Waals surface area (Å²) in [5.74, 6) is 0.577. The second-order valence-electron chi connectivity index (χ2n) is 4.90. The van der Waals surface area contributed by atoms with Crippen molar-refractivity contribution in [3.05, 3.63) is 23.8 Å². The molecule has 1 aromatic rings. The van der Waals surface area contributed by atoms with Crippen LogP contribution in [-0.2, 0) is 11.3 Å². The number of amides is 1. The first-order valence-electron chi connectivity index (χ1n) is 5.71. The van der Waals surface area contributed by atoms with Crippen LogP contribution in [0.5, 0.6) is 5.75 Å². The molecule has 1 rings (SSSR count). The molecule has 0 fully saturated rings. The Balaban J connectivity index is 2.64. The number of hydrogen-bond donors (Lipinski definition) is 2. The number of ether oxygens (including phenoxy) is 2. The van der Waals surface area contributed by atoms with Crippen molar-refractivity contribution in [2.24, 2.45) is 0 Å². The minimum atomic E-state index is -0.510. The highest BCUT2D eigenvalue weighted by Gasteiger charge is 2.16. The number of alkyl carbamates (subject to hydrolysis) is 1. The van der Waals surface area contributed by atoms with E-state index in [0.29, 0.717) is 18.0 Å². The highest BCUT2D eigenvalue weighted by atomic mass is 16.6. The van der Waals surface area contributed by atoms with E-state index in [-0.39, 0.29) is 0 Å². The van der Waals surface area contributed by atoms with Crippen LogP contribution in [0, 0.1) is 0 Å². The van der Waals surface area contributed by atoms with Crippen molar-refractivity contribution in [3.63, 3.8) is 0 Å². The SMILES string of the molecule is COc1c(N)cccc1CNC(=O)OC(C)(C)C. The van der Waals surface area contributed by atoms with Gasteiger partial charge in [-0.25, -0.2) is 4.79 Å². The summed E-state index contributed by atoms with van der Waals surface area (Å²) in [5, 5.41) is 2.66. The highest BCUT2D eigenvalue weighted by Crippen LogP contribution is 2.25. The third-order valence-corrected chi connectivity index (χ3v) is 2.15. The lowest BCUT2D eigenvalue weighted by atomic mass is 10.1. The van der Waals surface area contributed by atoms with Crippen LogP contribution in [0.3, 0.4) is 0 Å². The largest absolute Gasteiger partial charge is 0.494 e. The quantitative estimate of drug-likeness (QED) is 0.809. The topological polar surface area (TPSA) is 73.6 Å². The van der Waals surface area contributed by atoms with Gasteiger partial charge in [0.25, 0.3) is 0 Å². The highest BCUT2D eigenvalue weighted by molar-refractivity contribution is 5.68. The Morgan fingerprint density at radius 3 is 2.61 bits per heavy atom. The molecule has 1 amide bonds. The Bertz CT molecular complexity index is 425. The van der Waals surface area contributed by atoms with Gasteiger partial charge in [-0.1, -0.05) is 12.1 Å². The van der Waals surface area contributed by atoms with Gasteiger partial charge in [0.15, 0.2) is 0 Å². The summed E-state index contributed by atoms with van der Waals surface area (Å²) in [7, 11) is 1.54. The molecule has 100 valence electrons. The molecule has 0 aliphatic rings. The van der Waals surface area contributed by atoms with Gasteiger partial charge in [-0.15, -0.1) is 0 Å². The van der Waals surface area contributed by atoms with E-state index in [4.69, 9.17) is 15.2 Å². The fourth-order valence-electron chi connectivity index (χ4n) is 1.47. The predicted molar refractivity (Wildman–Crippen MR) is 70.5 cm³/mol. The predicted octanol–water partition coefficient (Wildman–Crippen LogP) is 2.30. The fraction of sp³-hybridized carbons (Fsp3) is 0.462. The number of anilines is 1. The molecule has 0 bridgehead atoms. The van der Waals surface area contributed by atoms with E-state index in [1.807, 2.05) is 32.9 Å². The van der Waals surface area contributed by atoms with Crippen molar-refractivity contribution >= 4 is 11.8 Å². The maximum Gasteiger partial charge on any atom is 0.407 e. The van der Waals surface area contributed by atoms with E-state index >= 15 is 0 Å². The molecule has 5 heteroatoms. The van der Waals surface area contributed by atoms with Crippen molar-refractivity contribution in [2.75, 3.05) is 12.8 Å².